The van der Waals surface area contributed by atoms with Crippen LogP contribution < -0.4 is 5.32 Å². The van der Waals surface area contributed by atoms with Crippen molar-refractivity contribution < 1.29 is 14.3 Å². The lowest BCUT2D eigenvalue weighted by Gasteiger charge is -2.21. The standard InChI is InChI=1S/C10H18ClNO3/c1-4-7(3)9(8(13)6-11)12-10(14)15-5-2/h7,9H,4-6H2,1-3H3,(H,12,14). The molecule has 15 heavy (non-hydrogen) atoms. The van der Waals surface area contributed by atoms with Crippen LogP contribution >= 0.6 is 11.6 Å². The molecular formula is C10H18ClNO3. The molecule has 0 saturated heterocycles. The maximum Gasteiger partial charge on any atom is 0.407 e. The number of hydrogen-bond acceptors (Lipinski definition) is 3. The molecule has 0 fully saturated rings. The molecule has 0 aliphatic rings. The molecule has 0 aliphatic heterocycles. The highest BCUT2D eigenvalue weighted by Gasteiger charge is 2.25. The Morgan fingerprint density at radius 1 is 1.40 bits per heavy atom. The average molecular weight is 236 g/mol. The molecule has 0 spiro atoms. The molecule has 5 heteroatoms. The highest BCUT2D eigenvalue weighted by atomic mass is 35.5. The van der Waals surface area contributed by atoms with E-state index in [0.29, 0.717) is 0 Å². The van der Waals surface area contributed by atoms with E-state index in [1.165, 1.54) is 0 Å². The van der Waals surface area contributed by atoms with Crippen LogP contribution in [-0.4, -0.2) is 30.4 Å². The van der Waals surface area contributed by atoms with Gasteiger partial charge in [-0.3, -0.25) is 4.79 Å². The Balaban J connectivity index is 4.37. The van der Waals surface area contributed by atoms with Crippen LogP contribution in [0.15, 0.2) is 0 Å². The van der Waals surface area contributed by atoms with Gasteiger partial charge in [-0.15, -0.1) is 11.6 Å². The zero-order chi connectivity index (χ0) is 11.8. The molecule has 2 unspecified atom stereocenters. The Morgan fingerprint density at radius 3 is 2.40 bits per heavy atom. The molecule has 0 aromatic rings. The van der Waals surface area contributed by atoms with Gasteiger partial charge >= 0.3 is 6.09 Å². The molecular weight excluding hydrogens is 218 g/mol. The second-order valence-electron chi connectivity index (χ2n) is 3.33. The van der Waals surface area contributed by atoms with E-state index in [2.05, 4.69) is 5.32 Å². The molecule has 0 rings (SSSR count). The van der Waals surface area contributed by atoms with Gasteiger partial charge in [0.05, 0.1) is 18.5 Å². The lowest BCUT2D eigenvalue weighted by molar-refractivity contribution is -0.119. The molecule has 0 aromatic heterocycles. The number of amides is 1. The van der Waals surface area contributed by atoms with Gasteiger partial charge in [0.15, 0.2) is 5.78 Å². The summed E-state index contributed by atoms with van der Waals surface area (Å²) in [5, 5.41) is 2.52. The van der Waals surface area contributed by atoms with Crippen molar-refractivity contribution in [2.75, 3.05) is 12.5 Å². The Bertz CT molecular complexity index is 221. The first-order chi connectivity index (χ1) is 7.06. The molecule has 0 heterocycles. The Morgan fingerprint density at radius 2 is 2.00 bits per heavy atom. The van der Waals surface area contributed by atoms with Gasteiger partial charge in [0, 0.05) is 0 Å². The molecule has 0 aromatic carbocycles. The third-order valence-corrected chi connectivity index (χ3v) is 2.50. The van der Waals surface area contributed by atoms with E-state index in [9.17, 15) is 9.59 Å². The molecule has 0 saturated carbocycles. The summed E-state index contributed by atoms with van der Waals surface area (Å²) in [6.45, 7) is 5.84. The van der Waals surface area contributed by atoms with E-state index in [-0.39, 0.29) is 24.2 Å². The van der Waals surface area contributed by atoms with Crippen molar-refractivity contribution in [1.82, 2.24) is 5.32 Å². The number of carbonyl (C=O) groups excluding carboxylic acids is 2. The second kappa shape index (κ2) is 7.51. The van der Waals surface area contributed by atoms with E-state index in [4.69, 9.17) is 16.3 Å². The number of carbonyl (C=O) groups is 2. The Hall–Kier alpha value is -0.770. The fourth-order valence-corrected chi connectivity index (χ4v) is 1.32. The number of ketones is 1. The predicted molar refractivity (Wildman–Crippen MR) is 59.1 cm³/mol. The summed E-state index contributed by atoms with van der Waals surface area (Å²) >= 11 is 5.47. The van der Waals surface area contributed by atoms with E-state index in [1.54, 1.807) is 6.92 Å². The van der Waals surface area contributed by atoms with Crippen molar-refractivity contribution >= 4 is 23.5 Å². The van der Waals surface area contributed by atoms with E-state index < -0.39 is 12.1 Å². The number of ether oxygens (including phenoxy) is 1. The van der Waals surface area contributed by atoms with Crippen LogP contribution in [-0.2, 0) is 9.53 Å². The van der Waals surface area contributed by atoms with Gasteiger partial charge in [-0.2, -0.15) is 0 Å². The number of hydrogen-bond donors (Lipinski definition) is 1. The quantitative estimate of drug-likeness (QED) is 0.716. The van der Waals surface area contributed by atoms with Crippen LogP contribution in [0.4, 0.5) is 4.79 Å². The van der Waals surface area contributed by atoms with Crippen molar-refractivity contribution in [2.45, 2.75) is 33.2 Å². The molecule has 88 valence electrons. The number of Topliss-reactive ketones (excluding diaryl/α,β-unsaturated/α-hetero) is 1. The Kier molecular flexibility index (Phi) is 7.13. The van der Waals surface area contributed by atoms with Crippen molar-refractivity contribution in [3.8, 4) is 0 Å². The third-order valence-electron chi connectivity index (χ3n) is 2.24. The third kappa shape index (κ3) is 5.02. The number of alkyl carbamates (subject to hydrolysis) is 1. The maximum absolute atomic E-state index is 11.4. The zero-order valence-corrected chi connectivity index (χ0v) is 10.1. The van der Waals surface area contributed by atoms with Crippen LogP contribution in [0.5, 0.6) is 0 Å². The van der Waals surface area contributed by atoms with Crippen LogP contribution in [0, 0.1) is 5.92 Å². The van der Waals surface area contributed by atoms with Gasteiger partial charge < -0.3 is 10.1 Å². The zero-order valence-electron chi connectivity index (χ0n) is 9.38. The van der Waals surface area contributed by atoms with Gasteiger partial charge in [0.1, 0.15) is 0 Å². The van der Waals surface area contributed by atoms with Crippen molar-refractivity contribution in [3.05, 3.63) is 0 Å². The summed E-state index contributed by atoms with van der Waals surface area (Å²) < 4.78 is 4.72. The fourth-order valence-electron chi connectivity index (χ4n) is 1.16. The molecule has 0 bridgehead atoms. The summed E-state index contributed by atoms with van der Waals surface area (Å²) in [4.78, 5) is 22.6. The summed E-state index contributed by atoms with van der Waals surface area (Å²) in [7, 11) is 0. The number of rotatable bonds is 6. The summed E-state index contributed by atoms with van der Waals surface area (Å²) in [5.74, 6) is -0.221. The highest BCUT2D eigenvalue weighted by molar-refractivity contribution is 6.28. The minimum absolute atomic E-state index is 0.0562. The monoisotopic (exact) mass is 235 g/mol. The minimum atomic E-state index is -0.568. The summed E-state index contributed by atoms with van der Waals surface area (Å²) in [6.07, 6.45) is 0.223. The lowest BCUT2D eigenvalue weighted by Crippen LogP contribution is -2.45. The minimum Gasteiger partial charge on any atom is -0.450 e. The molecule has 4 nitrogen and oxygen atoms in total. The summed E-state index contributed by atoms with van der Waals surface area (Å²) in [6, 6.07) is -0.549. The van der Waals surface area contributed by atoms with Gasteiger partial charge in [0.25, 0.3) is 0 Å². The Labute approximate surface area is 95.3 Å². The van der Waals surface area contributed by atoms with Crippen LogP contribution in [0.2, 0.25) is 0 Å². The normalized spacial score (nSPS) is 14.1. The van der Waals surface area contributed by atoms with Crippen molar-refractivity contribution in [1.29, 1.82) is 0 Å². The second-order valence-corrected chi connectivity index (χ2v) is 3.60. The SMILES string of the molecule is CCOC(=O)NC(C(=O)CCl)C(C)CC. The van der Waals surface area contributed by atoms with Crippen LogP contribution in [0.3, 0.4) is 0 Å². The first kappa shape index (κ1) is 14.2. The average Bonchev–Trinajstić information content (AvgIpc) is 2.24. The van der Waals surface area contributed by atoms with Gasteiger partial charge in [-0.05, 0) is 12.8 Å². The van der Waals surface area contributed by atoms with E-state index in [1.807, 2.05) is 13.8 Å². The fraction of sp³-hybridized carbons (Fsp3) is 0.800. The maximum atomic E-state index is 11.4. The number of nitrogens with one attached hydrogen (secondary N) is 1. The largest absolute Gasteiger partial charge is 0.450 e. The number of alkyl halides is 1. The molecule has 1 N–H and O–H groups in total. The van der Waals surface area contributed by atoms with E-state index in [0.717, 1.165) is 6.42 Å². The van der Waals surface area contributed by atoms with Crippen molar-refractivity contribution in [2.24, 2.45) is 5.92 Å². The molecule has 2 atom stereocenters. The lowest BCUT2D eigenvalue weighted by atomic mass is 9.96. The van der Waals surface area contributed by atoms with Gasteiger partial charge in [-0.1, -0.05) is 20.3 Å². The smallest absolute Gasteiger partial charge is 0.407 e. The highest BCUT2D eigenvalue weighted by Crippen LogP contribution is 2.09. The van der Waals surface area contributed by atoms with E-state index >= 15 is 0 Å². The first-order valence-electron chi connectivity index (χ1n) is 5.08. The number of halogens is 1. The predicted octanol–water partition coefficient (Wildman–Crippen LogP) is 1.96. The molecule has 0 aliphatic carbocycles. The van der Waals surface area contributed by atoms with Gasteiger partial charge in [-0.25, -0.2) is 4.79 Å². The molecule has 1 amide bonds. The first-order valence-corrected chi connectivity index (χ1v) is 5.62. The molecule has 0 radical (unpaired) electrons. The topological polar surface area (TPSA) is 55.4 Å². The van der Waals surface area contributed by atoms with Crippen LogP contribution in [0.1, 0.15) is 27.2 Å². The van der Waals surface area contributed by atoms with Crippen molar-refractivity contribution in [3.63, 3.8) is 0 Å². The summed E-state index contributed by atoms with van der Waals surface area (Å²) in [5.41, 5.74) is 0. The van der Waals surface area contributed by atoms with Crippen LogP contribution in [0.25, 0.3) is 0 Å². The van der Waals surface area contributed by atoms with Gasteiger partial charge in [0.2, 0.25) is 0 Å².